The SMILES string of the molecule is C[C@]1(c2cc(CC(=O)c3ccc(Cl)cn3)cc(F)c2F)N=C(N)S[C@@]2(C(=O)O)C[C@H]21. The monoisotopic (exact) mass is 451 g/mol. The molecule has 2 aliphatic rings. The fourth-order valence-corrected chi connectivity index (χ4v) is 5.42. The number of carboxylic acids is 1. The van der Waals surface area contributed by atoms with Gasteiger partial charge in [0.05, 0.1) is 10.6 Å². The van der Waals surface area contributed by atoms with Gasteiger partial charge in [-0.1, -0.05) is 23.4 Å². The predicted octanol–water partition coefficient (Wildman–Crippen LogP) is 3.56. The van der Waals surface area contributed by atoms with E-state index in [-0.39, 0.29) is 34.8 Å². The summed E-state index contributed by atoms with van der Waals surface area (Å²) in [6.45, 7) is 1.54. The minimum Gasteiger partial charge on any atom is -0.480 e. The van der Waals surface area contributed by atoms with Gasteiger partial charge < -0.3 is 10.8 Å². The number of hydrogen-bond acceptors (Lipinski definition) is 6. The van der Waals surface area contributed by atoms with Crippen LogP contribution in [0, 0.1) is 17.6 Å². The molecule has 1 aliphatic carbocycles. The lowest BCUT2D eigenvalue weighted by atomic mass is 9.84. The molecule has 1 saturated carbocycles. The van der Waals surface area contributed by atoms with Crippen LogP contribution in [-0.4, -0.2) is 31.8 Å². The van der Waals surface area contributed by atoms with Gasteiger partial charge in [0.2, 0.25) is 0 Å². The number of carbonyl (C=O) groups excluding carboxylic acids is 1. The van der Waals surface area contributed by atoms with Crippen molar-refractivity contribution in [2.75, 3.05) is 0 Å². The normalized spacial score (nSPS) is 27.2. The first-order valence-electron chi connectivity index (χ1n) is 8.98. The quantitative estimate of drug-likeness (QED) is 0.673. The van der Waals surface area contributed by atoms with Crippen LogP contribution < -0.4 is 5.73 Å². The molecule has 2 aromatic rings. The molecule has 6 nitrogen and oxygen atoms in total. The summed E-state index contributed by atoms with van der Waals surface area (Å²) >= 11 is 6.70. The number of halogens is 3. The highest BCUT2D eigenvalue weighted by Gasteiger charge is 2.71. The molecule has 156 valence electrons. The molecule has 3 N–H and O–H groups in total. The average molecular weight is 452 g/mol. The molecular weight excluding hydrogens is 436 g/mol. The maximum Gasteiger partial charge on any atom is 0.320 e. The van der Waals surface area contributed by atoms with Crippen molar-refractivity contribution in [1.29, 1.82) is 0 Å². The Morgan fingerprint density at radius 1 is 1.37 bits per heavy atom. The van der Waals surface area contributed by atoms with E-state index in [2.05, 4.69) is 9.98 Å². The van der Waals surface area contributed by atoms with Crippen LogP contribution in [0.25, 0.3) is 0 Å². The van der Waals surface area contributed by atoms with Crippen LogP contribution in [0.3, 0.4) is 0 Å². The summed E-state index contributed by atoms with van der Waals surface area (Å²) in [6.07, 6.45) is 1.33. The number of aromatic nitrogens is 1. The molecule has 1 aromatic heterocycles. The summed E-state index contributed by atoms with van der Waals surface area (Å²) in [5.74, 6) is -4.30. The average Bonchev–Trinajstić information content (AvgIpc) is 3.42. The number of amidine groups is 1. The molecule has 1 aliphatic heterocycles. The van der Waals surface area contributed by atoms with E-state index in [0.29, 0.717) is 5.02 Å². The second-order valence-electron chi connectivity index (χ2n) is 7.55. The summed E-state index contributed by atoms with van der Waals surface area (Å²) in [6, 6.07) is 5.25. The van der Waals surface area contributed by atoms with E-state index in [1.165, 1.54) is 24.4 Å². The first kappa shape index (κ1) is 20.7. The van der Waals surface area contributed by atoms with Crippen LogP contribution in [0.4, 0.5) is 8.78 Å². The van der Waals surface area contributed by atoms with E-state index >= 15 is 0 Å². The lowest BCUT2D eigenvalue weighted by Gasteiger charge is -2.33. The lowest BCUT2D eigenvalue weighted by molar-refractivity contribution is -0.137. The molecule has 0 bridgehead atoms. The largest absolute Gasteiger partial charge is 0.480 e. The third kappa shape index (κ3) is 3.26. The third-order valence-corrected chi connectivity index (χ3v) is 7.10. The van der Waals surface area contributed by atoms with E-state index in [1.807, 2.05) is 0 Å². The number of aliphatic imine (C=N–C) groups is 1. The van der Waals surface area contributed by atoms with Crippen molar-refractivity contribution < 1.29 is 23.5 Å². The molecule has 0 amide bonds. The highest BCUT2D eigenvalue weighted by atomic mass is 35.5. The molecule has 10 heteroatoms. The van der Waals surface area contributed by atoms with E-state index in [4.69, 9.17) is 17.3 Å². The minimum absolute atomic E-state index is 0.000280. The van der Waals surface area contributed by atoms with Gasteiger partial charge in [0.15, 0.2) is 22.6 Å². The maximum absolute atomic E-state index is 14.8. The molecule has 4 rings (SSSR count). The number of rotatable bonds is 5. The first-order valence-corrected chi connectivity index (χ1v) is 10.2. The van der Waals surface area contributed by atoms with Crippen LogP contribution in [0.15, 0.2) is 35.5 Å². The first-order chi connectivity index (χ1) is 14.1. The highest BCUT2D eigenvalue weighted by Crippen LogP contribution is 2.66. The van der Waals surface area contributed by atoms with Crippen molar-refractivity contribution in [2.24, 2.45) is 16.6 Å². The summed E-state index contributed by atoms with van der Waals surface area (Å²) in [4.78, 5) is 32.5. The number of carbonyl (C=O) groups is 2. The van der Waals surface area contributed by atoms with Gasteiger partial charge in [-0.05, 0) is 43.2 Å². The zero-order chi connectivity index (χ0) is 21.8. The number of carboxylic acid groups (broad SMARTS) is 1. The molecule has 3 atom stereocenters. The molecule has 30 heavy (non-hydrogen) atoms. The number of Topliss-reactive ketones (excluding diaryl/α,β-unsaturated/α-hetero) is 1. The molecule has 1 aromatic carbocycles. The Morgan fingerprint density at radius 2 is 2.10 bits per heavy atom. The Balaban J connectivity index is 1.72. The van der Waals surface area contributed by atoms with Crippen molar-refractivity contribution in [3.8, 4) is 0 Å². The van der Waals surface area contributed by atoms with Crippen molar-refractivity contribution in [3.05, 3.63) is 63.9 Å². The maximum atomic E-state index is 14.8. The van der Waals surface area contributed by atoms with Gasteiger partial charge in [-0.2, -0.15) is 0 Å². The number of benzene rings is 1. The standard InChI is InChI=1S/C20H16ClF2N3O3S/c1-19(15-7-20(15,17(28)29)30-18(24)26-19)11-4-9(5-12(22)16(11)23)6-14(27)13-3-2-10(21)8-25-13/h2-5,8,15H,6-7H2,1H3,(H2,24,26)(H,28,29)/t15-,19+,20-/m0/s1. The fraction of sp³-hybridized carbons (Fsp3) is 0.300. The Kier molecular flexibility index (Phi) is 4.85. The lowest BCUT2D eigenvalue weighted by Crippen LogP contribution is -2.39. The van der Waals surface area contributed by atoms with Gasteiger partial charge >= 0.3 is 5.97 Å². The number of thioether (sulfide) groups is 1. The van der Waals surface area contributed by atoms with Crippen LogP contribution in [-0.2, 0) is 16.8 Å². The fourth-order valence-electron chi connectivity index (χ4n) is 3.99. The Labute approximate surface area is 179 Å². The third-order valence-electron chi connectivity index (χ3n) is 5.59. The molecule has 0 unspecified atom stereocenters. The summed E-state index contributed by atoms with van der Waals surface area (Å²) in [5, 5.41) is 9.99. The molecule has 1 fully saturated rings. The number of pyridine rings is 1. The number of hydrogen-bond donors (Lipinski definition) is 2. The highest BCUT2D eigenvalue weighted by molar-refractivity contribution is 8.15. The Bertz CT molecular complexity index is 1110. The van der Waals surface area contributed by atoms with E-state index < -0.39 is 39.6 Å². The van der Waals surface area contributed by atoms with Gasteiger partial charge in [0.25, 0.3) is 0 Å². The zero-order valence-corrected chi connectivity index (χ0v) is 17.2. The van der Waals surface area contributed by atoms with E-state index in [1.54, 1.807) is 6.92 Å². The van der Waals surface area contributed by atoms with Crippen molar-refractivity contribution in [3.63, 3.8) is 0 Å². The number of nitrogens with zero attached hydrogens (tertiary/aromatic N) is 2. The Hall–Kier alpha value is -2.52. The molecule has 0 saturated heterocycles. The van der Waals surface area contributed by atoms with Crippen LogP contribution >= 0.6 is 23.4 Å². The van der Waals surface area contributed by atoms with E-state index in [9.17, 15) is 23.5 Å². The summed E-state index contributed by atoms with van der Waals surface area (Å²) < 4.78 is 28.0. The van der Waals surface area contributed by atoms with Gasteiger partial charge in [-0.15, -0.1) is 0 Å². The number of nitrogens with two attached hydrogens (primary N) is 1. The topological polar surface area (TPSA) is 106 Å². The Morgan fingerprint density at radius 3 is 2.73 bits per heavy atom. The van der Waals surface area contributed by atoms with Gasteiger partial charge in [-0.3, -0.25) is 19.6 Å². The number of aliphatic carboxylic acids is 1. The minimum atomic E-state index is -1.36. The molecular formula is C20H16ClF2N3O3S. The van der Waals surface area contributed by atoms with Gasteiger partial charge in [0, 0.05) is 24.1 Å². The van der Waals surface area contributed by atoms with Crippen LogP contribution in [0.5, 0.6) is 0 Å². The van der Waals surface area contributed by atoms with Crippen LogP contribution in [0.1, 0.15) is 35.0 Å². The molecule has 0 spiro atoms. The van der Waals surface area contributed by atoms with Crippen molar-refractivity contribution in [1.82, 2.24) is 4.98 Å². The summed E-state index contributed by atoms with van der Waals surface area (Å²) in [7, 11) is 0. The summed E-state index contributed by atoms with van der Waals surface area (Å²) in [5.41, 5.74) is 4.72. The second-order valence-corrected chi connectivity index (χ2v) is 9.34. The predicted molar refractivity (Wildman–Crippen MR) is 109 cm³/mol. The van der Waals surface area contributed by atoms with E-state index in [0.717, 1.165) is 17.8 Å². The zero-order valence-electron chi connectivity index (χ0n) is 15.7. The van der Waals surface area contributed by atoms with Gasteiger partial charge in [-0.25, -0.2) is 8.78 Å². The molecule has 2 heterocycles. The smallest absolute Gasteiger partial charge is 0.320 e. The van der Waals surface area contributed by atoms with Crippen molar-refractivity contribution in [2.45, 2.75) is 30.1 Å². The van der Waals surface area contributed by atoms with Crippen LogP contribution in [0.2, 0.25) is 5.02 Å². The number of fused-ring (bicyclic) bond motifs is 1. The van der Waals surface area contributed by atoms with Crippen molar-refractivity contribution >= 4 is 40.3 Å². The number of ketones is 1. The molecule has 0 radical (unpaired) electrons. The van der Waals surface area contributed by atoms with Gasteiger partial charge in [0.1, 0.15) is 10.4 Å². The second kappa shape index (κ2) is 7.02.